The molecule has 0 aromatic carbocycles. The van der Waals surface area contributed by atoms with Crippen molar-refractivity contribution < 1.29 is 4.79 Å². The zero-order valence-electron chi connectivity index (χ0n) is 7.25. The lowest BCUT2D eigenvalue weighted by Crippen LogP contribution is -2.38. The van der Waals surface area contributed by atoms with E-state index in [9.17, 15) is 4.79 Å². The standard InChI is InChI=1S/C10H15NO/c11-9(12)8-5-10(8)4-6-2-1-3-7(6)10/h6-8H,1-5H2,(H2,11,12). The van der Waals surface area contributed by atoms with Gasteiger partial charge in [-0.2, -0.15) is 0 Å². The van der Waals surface area contributed by atoms with Crippen LogP contribution >= 0.6 is 0 Å². The molecule has 0 radical (unpaired) electrons. The van der Waals surface area contributed by atoms with Gasteiger partial charge in [-0.3, -0.25) is 4.79 Å². The molecule has 0 aromatic heterocycles. The zero-order valence-corrected chi connectivity index (χ0v) is 7.25. The molecule has 1 spiro atoms. The summed E-state index contributed by atoms with van der Waals surface area (Å²) in [5, 5.41) is 0. The highest BCUT2D eigenvalue weighted by Gasteiger charge is 2.70. The minimum Gasteiger partial charge on any atom is -0.369 e. The second-order valence-corrected chi connectivity index (χ2v) is 4.89. The zero-order chi connectivity index (χ0) is 8.34. The second-order valence-electron chi connectivity index (χ2n) is 4.89. The molecule has 0 saturated heterocycles. The molecule has 0 aromatic rings. The molecule has 0 heterocycles. The number of fused-ring (bicyclic) bond motifs is 2. The van der Waals surface area contributed by atoms with Gasteiger partial charge in [-0.15, -0.1) is 0 Å². The fourth-order valence-corrected chi connectivity index (χ4v) is 3.86. The molecule has 66 valence electrons. The summed E-state index contributed by atoms with van der Waals surface area (Å²) in [6.07, 6.45) is 6.60. The number of carbonyl (C=O) groups excluding carboxylic acids is 1. The maximum absolute atomic E-state index is 11.0. The van der Waals surface area contributed by atoms with Crippen molar-refractivity contribution in [1.82, 2.24) is 0 Å². The van der Waals surface area contributed by atoms with Crippen LogP contribution in [0.4, 0.5) is 0 Å². The number of amides is 1. The summed E-state index contributed by atoms with van der Waals surface area (Å²) in [4.78, 5) is 11.0. The van der Waals surface area contributed by atoms with E-state index in [1.165, 1.54) is 25.7 Å². The van der Waals surface area contributed by atoms with E-state index in [1.54, 1.807) is 0 Å². The first-order chi connectivity index (χ1) is 5.74. The third kappa shape index (κ3) is 0.606. The van der Waals surface area contributed by atoms with Crippen LogP contribution in [-0.2, 0) is 4.79 Å². The Morgan fingerprint density at radius 1 is 1.33 bits per heavy atom. The van der Waals surface area contributed by atoms with Gasteiger partial charge in [-0.1, -0.05) is 12.8 Å². The van der Waals surface area contributed by atoms with Gasteiger partial charge in [-0.25, -0.2) is 0 Å². The Labute approximate surface area is 72.5 Å². The summed E-state index contributed by atoms with van der Waals surface area (Å²) < 4.78 is 0. The highest BCUT2D eigenvalue weighted by molar-refractivity contribution is 5.81. The predicted octanol–water partition coefficient (Wildman–Crippen LogP) is 1.30. The Hall–Kier alpha value is -0.530. The monoisotopic (exact) mass is 165 g/mol. The molecule has 2 N–H and O–H groups in total. The smallest absolute Gasteiger partial charge is 0.221 e. The van der Waals surface area contributed by atoms with Crippen molar-refractivity contribution in [3.05, 3.63) is 0 Å². The number of carbonyl (C=O) groups is 1. The molecular weight excluding hydrogens is 150 g/mol. The van der Waals surface area contributed by atoms with E-state index in [0.717, 1.165) is 18.3 Å². The van der Waals surface area contributed by atoms with Gasteiger partial charge >= 0.3 is 0 Å². The van der Waals surface area contributed by atoms with Crippen molar-refractivity contribution in [1.29, 1.82) is 0 Å². The maximum atomic E-state index is 11.0. The van der Waals surface area contributed by atoms with Crippen molar-refractivity contribution in [2.45, 2.75) is 32.1 Å². The Bertz CT molecular complexity index is 250. The summed E-state index contributed by atoms with van der Waals surface area (Å²) >= 11 is 0. The number of hydrogen-bond donors (Lipinski definition) is 1. The molecule has 1 amide bonds. The van der Waals surface area contributed by atoms with Crippen LogP contribution in [0, 0.1) is 23.2 Å². The van der Waals surface area contributed by atoms with E-state index < -0.39 is 0 Å². The second kappa shape index (κ2) is 1.86. The minimum absolute atomic E-state index is 0.0413. The van der Waals surface area contributed by atoms with Crippen molar-refractivity contribution in [3.8, 4) is 0 Å². The number of primary amides is 1. The van der Waals surface area contributed by atoms with Gasteiger partial charge < -0.3 is 5.73 Å². The van der Waals surface area contributed by atoms with Crippen LogP contribution in [0.25, 0.3) is 0 Å². The molecule has 3 saturated carbocycles. The first kappa shape index (κ1) is 6.93. The molecule has 4 atom stereocenters. The van der Waals surface area contributed by atoms with Crippen molar-refractivity contribution in [2.75, 3.05) is 0 Å². The van der Waals surface area contributed by atoms with E-state index in [2.05, 4.69) is 0 Å². The topological polar surface area (TPSA) is 43.1 Å². The highest BCUT2D eigenvalue weighted by Crippen LogP contribution is 2.74. The molecule has 2 nitrogen and oxygen atoms in total. The summed E-state index contributed by atoms with van der Waals surface area (Å²) in [7, 11) is 0. The van der Waals surface area contributed by atoms with Gasteiger partial charge in [-0.05, 0) is 36.5 Å². The first-order valence-corrected chi connectivity index (χ1v) is 5.03. The van der Waals surface area contributed by atoms with Crippen molar-refractivity contribution in [3.63, 3.8) is 0 Å². The van der Waals surface area contributed by atoms with E-state index in [-0.39, 0.29) is 11.8 Å². The third-order valence-corrected chi connectivity index (χ3v) is 4.50. The molecule has 3 aliphatic carbocycles. The predicted molar refractivity (Wildman–Crippen MR) is 45.2 cm³/mol. The SMILES string of the molecule is NC(=O)C1CC12CC1CCCC12. The molecule has 3 rings (SSSR count). The Morgan fingerprint density at radius 2 is 2.17 bits per heavy atom. The molecular formula is C10H15NO. The molecule has 3 fully saturated rings. The fraction of sp³-hybridized carbons (Fsp3) is 0.900. The van der Waals surface area contributed by atoms with E-state index in [4.69, 9.17) is 5.73 Å². The summed E-state index contributed by atoms with van der Waals surface area (Å²) in [6, 6.07) is 0. The number of nitrogens with two attached hydrogens (primary N) is 1. The van der Waals surface area contributed by atoms with E-state index in [0.29, 0.717) is 5.41 Å². The van der Waals surface area contributed by atoms with Gasteiger partial charge in [0.1, 0.15) is 0 Å². The van der Waals surface area contributed by atoms with Crippen LogP contribution in [0.1, 0.15) is 32.1 Å². The van der Waals surface area contributed by atoms with Crippen LogP contribution in [-0.4, -0.2) is 5.91 Å². The van der Waals surface area contributed by atoms with E-state index >= 15 is 0 Å². The van der Waals surface area contributed by atoms with Gasteiger partial charge in [0.25, 0.3) is 0 Å². The Kier molecular flexibility index (Phi) is 1.07. The highest BCUT2D eigenvalue weighted by atomic mass is 16.1. The van der Waals surface area contributed by atoms with E-state index in [1.807, 2.05) is 0 Å². The average molecular weight is 165 g/mol. The van der Waals surface area contributed by atoms with Crippen molar-refractivity contribution in [2.24, 2.45) is 28.9 Å². The first-order valence-electron chi connectivity index (χ1n) is 5.03. The van der Waals surface area contributed by atoms with Crippen LogP contribution in [0.15, 0.2) is 0 Å². The quantitative estimate of drug-likeness (QED) is 0.625. The minimum atomic E-state index is -0.0413. The molecule has 4 unspecified atom stereocenters. The average Bonchev–Trinajstić information content (AvgIpc) is 2.65. The lowest BCUT2D eigenvalue weighted by atomic mass is 9.62. The van der Waals surface area contributed by atoms with Crippen LogP contribution < -0.4 is 5.73 Å². The summed E-state index contributed by atoms with van der Waals surface area (Å²) in [5.74, 6) is 2.07. The molecule has 2 heteroatoms. The van der Waals surface area contributed by atoms with Gasteiger partial charge in [0.15, 0.2) is 0 Å². The Morgan fingerprint density at radius 3 is 2.75 bits per heavy atom. The molecule has 0 bridgehead atoms. The van der Waals surface area contributed by atoms with Crippen LogP contribution in [0.5, 0.6) is 0 Å². The molecule has 3 aliphatic rings. The summed E-state index contributed by atoms with van der Waals surface area (Å²) in [5.41, 5.74) is 5.76. The normalized spacial score (nSPS) is 54.8. The molecule has 0 aliphatic heterocycles. The van der Waals surface area contributed by atoms with Crippen LogP contribution in [0.3, 0.4) is 0 Å². The number of hydrogen-bond acceptors (Lipinski definition) is 1. The van der Waals surface area contributed by atoms with Crippen LogP contribution in [0.2, 0.25) is 0 Å². The lowest BCUT2D eigenvalue weighted by Gasteiger charge is -2.42. The lowest BCUT2D eigenvalue weighted by molar-refractivity contribution is -0.121. The maximum Gasteiger partial charge on any atom is 0.221 e. The summed E-state index contributed by atoms with van der Waals surface area (Å²) in [6.45, 7) is 0. The van der Waals surface area contributed by atoms with Gasteiger partial charge in [0.05, 0.1) is 0 Å². The van der Waals surface area contributed by atoms with Crippen molar-refractivity contribution >= 4 is 5.91 Å². The molecule has 12 heavy (non-hydrogen) atoms. The number of rotatable bonds is 1. The fourth-order valence-electron chi connectivity index (χ4n) is 3.86. The third-order valence-electron chi connectivity index (χ3n) is 4.50. The largest absolute Gasteiger partial charge is 0.369 e. The Balaban J connectivity index is 1.77. The van der Waals surface area contributed by atoms with Gasteiger partial charge in [0.2, 0.25) is 5.91 Å². The van der Waals surface area contributed by atoms with Gasteiger partial charge in [0, 0.05) is 5.92 Å².